The van der Waals surface area contributed by atoms with Crippen molar-refractivity contribution >= 4 is 0 Å². The normalized spacial score (nSPS) is 12.6. The molecule has 0 amide bonds. The lowest BCUT2D eigenvalue weighted by molar-refractivity contribution is 0.0341. The molecule has 2 heteroatoms. The summed E-state index contributed by atoms with van der Waals surface area (Å²) in [6, 6.07) is 6.17. The van der Waals surface area contributed by atoms with E-state index in [4.69, 9.17) is 4.74 Å². The van der Waals surface area contributed by atoms with Crippen LogP contribution >= 0.6 is 0 Å². The highest BCUT2D eigenvalue weighted by atomic mass is 16.5. The Morgan fingerprint density at radius 2 is 1.84 bits per heavy atom. The van der Waals surface area contributed by atoms with Crippen LogP contribution < -0.4 is 0 Å². The van der Waals surface area contributed by atoms with E-state index in [1.165, 1.54) is 31.2 Å². The third kappa shape index (κ3) is 6.22. The van der Waals surface area contributed by atoms with E-state index in [1.807, 2.05) is 19.9 Å². The number of aliphatic hydroxyl groups is 1. The molecule has 0 saturated heterocycles. The van der Waals surface area contributed by atoms with Crippen LogP contribution in [0.2, 0.25) is 0 Å². The molecule has 1 aromatic carbocycles. The van der Waals surface area contributed by atoms with Crippen molar-refractivity contribution in [3.8, 4) is 0 Å². The van der Waals surface area contributed by atoms with E-state index >= 15 is 0 Å². The van der Waals surface area contributed by atoms with Gasteiger partial charge in [-0.1, -0.05) is 56.4 Å². The maximum Gasteiger partial charge on any atom is 0.103 e. The Balaban J connectivity index is 2.23. The zero-order valence-electron chi connectivity index (χ0n) is 12.6. The average Bonchev–Trinajstić information content (AvgIpc) is 2.40. The average molecular weight is 264 g/mol. The molecule has 19 heavy (non-hydrogen) atoms. The molecule has 0 aliphatic carbocycles. The molecule has 108 valence electrons. The van der Waals surface area contributed by atoms with Gasteiger partial charge in [-0.2, -0.15) is 0 Å². The summed E-state index contributed by atoms with van der Waals surface area (Å²) in [5.74, 6) is 0. The van der Waals surface area contributed by atoms with Crippen LogP contribution in [-0.4, -0.2) is 18.3 Å². The van der Waals surface area contributed by atoms with Gasteiger partial charge in [0.2, 0.25) is 0 Å². The maximum atomic E-state index is 10.1. The fourth-order valence-corrected chi connectivity index (χ4v) is 2.21. The minimum atomic E-state index is -0.504. The Morgan fingerprint density at radius 1 is 1.11 bits per heavy atom. The molecule has 0 radical (unpaired) electrons. The van der Waals surface area contributed by atoms with Crippen molar-refractivity contribution in [2.75, 3.05) is 13.2 Å². The molecule has 1 rings (SSSR count). The lowest BCUT2D eigenvalue weighted by atomic mass is 10.0. The molecular formula is C17H28O2. The van der Waals surface area contributed by atoms with Crippen LogP contribution in [0.5, 0.6) is 0 Å². The predicted octanol–water partition coefficient (Wildman–Crippen LogP) is 4.32. The van der Waals surface area contributed by atoms with E-state index in [0.717, 1.165) is 24.2 Å². The molecule has 0 aliphatic rings. The van der Waals surface area contributed by atoms with Gasteiger partial charge in [0.15, 0.2) is 0 Å². The Bertz CT molecular complexity index is 360. The molecule has 0 bridgehead atoms. The van der Waals surface area contributed by atoms with E-state index in [0.29, 0.717) is 6.61 Å². The lowest BCUT2D eigenvalue weighted by Crippen LogP contribution is -2.09. The Hall–Kier alpha value is -0.860. The Kier molecular flexibility index (Phi) is 7.76. The molecule has 0 heterocycles. The summed E-state index contributed by atoms with van der Waals surface area (Å²) < 4.78 is 5.57. The number of hydrogen-bond acceptors (Lipinski definition) is 2. The molecule has 0 fully saturated rings. The van der Waals surface area contributed by atoms with E-state index in [-0.39, 0.29) is 0 Å². The van der Waals surface area contributed by atoms with Crippen LogP contribution in [0.25, 0.3) is 0 Å². The highest BCUT2D eigenvalue weighted by Gasteiger charge is 2.10. The van der Waals surface area contributed by atoms with Crippen molar-refractivity contribution in [3.05, 3.63) is 34.9 Å². The summed E-state index contributed by atoms with van der Waals surface area (Å²) >= 11 is 0. The van der Waals surface area contributed by atoms with Gasteiger partial charge in [-0.05, 0) is 31.4 Å². The molecule has 1 atom stereocenters. The van der Waals surface area contributed by atoms with Gasteiger partial charge in [-0.15, -0.1) is 0 Å². The maximum absolute atomic E-state index is 10.1. The fraction of sp³-hybridized carbons (Fsp3) is 0.647. The molecule has 0 saturated carbocycles. The summed E-state index contributed by atoms with van der Waals surface area (Å²) in [5.41, 5.74) is 3.30. The summed E-state index contributed by atoms with van der Waals surface area (Å²) in [6.07, 6.45) is 5.69. The predicted molar refractivity (Wildman–Crippen MR) is 80.5 cm³/mol. The second-order valence-electron chi connectivity index (χ2n) is 5.36. The van der Waals surface area contributed by atoms with Crippen LogP contribution in [-0.2, 0) is 4.74 Å². The van der Waals surface area contributed by atoms with E-state index in [9.17, 15) is 5.11 Å². The van der Waals surface area contributed by atoms with Crippen molar-refractivity contribution in [1.82, 2.24) is 0 Å². The van der Waals surface area contributed by atoms with Gasteiger partial charge in [0.1, 0.15) is 6.10 Å². The minimum Gasteiger partial charge on any atom is -0.386 e. The van der Waals surface area contributed by atoms with Gasteiger partial charge in [0, 0.05) is 6.61 Å². The largest absolute Gasteiger partial charge is 0.386 e. The van der Waals surface area contributed by atoms with Gasteiger partial charge in [0.25, 0.3) is 0 Å². The summed E-state index contributed by atoms with van der Waals surface area (Å²) in [6.45, 7) is 7.45. The van der Waals surface area contributed by atoms with Crippen LogP contribution in [0.1, 0.15) is 61.8 Å². The van der Waals surface area contributed by atoms with Crippen molar-refractivity contribution in [3.63, 3.8) is 0 Å². The quantitative estimate of drug-likeness (QED) is 0.673. The first kappa shape index (κ1) is 16.2. The SMILES string of the molecule is CCCCCCCOCC(O)c1cc(C)ccc1C. The van der Waals surface area contributed by atoms with Gasteiger partial charge in [-0.3, -0.25) is 0 Å². The first-order chi connectivity index (χ1) is 9.15. The third-order valence-electron chi connectivity index (χ3n) is 3.46. The molecular weight excluding hydrogens is 236 g/mol. The molecule has 2 nitrogen and oxygen atoms in total. The third-order valence-corrected chi connectivity index (χ3v) is 3.46. The Labute approximate surface area is 117 Å². The number of aryl methyl sites for hydroxylation is 2. The summed E-state index contributed by atoms with van der Waals surface area (Å²) in [4.78, 5) is 0. The minimum absolute atomic E-state index is 0.401. The highest BCUT2D eigenvalue weighted by molar-refractivity contribution is 5.32. The van der Waals surface area contributed by atoms with Crippen molar-refractivity contribution in [2.45, 2.75) is 59.0 Å². The topological polar surface area (TPSA) is 29.5 Å². The van der Waals surface area contributed by atoms with Crippen molar-refractivity contribution in [2.24, 2.45) is 0 Å². The Morgan fingerprint density at radius 3 is 2.58 bits per heavy atom. The van der Waals surface area contributed by atoms with Gasteiger partial charge in [0.05, 0.1) is 6.61 Å². The molecule has 0 aliphatic heterocycles. The first-order valence-corrected chi connectivity index (χ1v) is 7.48. The fourth-order valence-electron chi connectivity index (χ4n) is 2.21. The molecule has 1 unspecified atom stereocenters. The zero-order chi connectivity index (χ0) is 14.1. The number of unbranched alkanes of at least 4 members (excludes halogenated alkanes) is 4. The molecule has 0 spiro atoms. The van der Waals surface area contributed by atoms with E-state index in [1.54, 1.807) is 0 Å². The van der Waals surface area contributed by atoms with Gasteiger partial charge in [-0.25, -0.2) is 0 Å². The van der Waals surface area contributed by atoms with Gasteiger partial charge >= 0.3 is 0 Å². The van der Waals surface area contributed by atoms with E-state index in [2.05, 4.69) is 19.1 Å². The second-order valence-corrected chi connectivity index (χ2v) is 5.36. The van der Waals surface area contributed by atoms with E-state index < -0.39 is 6.10 Å². The van der Waals surface area contributed by atoms with Crippen LogP contribution in [0.15, 0.2) is 18.2 Å². The molecule has 1 aromatic rings. The number of rotatable bonds is 9. The highest BCUT2D eigenvalue weighted by Crippen LogP contribution is 2.19. The standard InChI is InChI=1S/C17H28O2/c1-4-5-6-7-8-11-19-13-17(18)16-12-14(2)9-10-15(16)3/h9-10,12,17-18H,4-8,11,13H2,1-3H3. The first-order valence-electron chi connectivity index (χ1n) is 7.48. The monoisotopic (exact) mass is 264 g/mol. The number of benzene rings is 1. The molecule has 1 N–H and O–H groups in total. The zero-order valence-corrected chi connectivity index (χ0v) is 12.6. The van der Waals surface area contributed by atoms with Crippen molar-refractivity contribution in [1.29, 1.82) is 0 Å². The lowest BCUT2D eigenvalue weighted by Gasteiger charge is -2.15. The van der Waals surface area contributed by atoms with Crippen molar-refractivity contribution < 1.29 is 9.84 Å². The van der Waals surface area contributed by atoms with Gasteiger partial charge < -0.3 is 9.84 Å². The summed E-state index contributed by atoms with van der Waals surface area (Å²) in [7, 11) is 0. The number of ether oxygens (including phenoxy) is 1. The van der Waals surface area contributed by atoms with Crippen LogP contribution in [0.4, 0.5) is 0 Å². The number of aliphatic hydroxyl groups excluding tert-OH is 1. The van der Waals surface area contributed by atoms with Crippen LogP contribution in [0.3, 0.4) is 0 Å². The molecule has 0 aromatic heterocycles. The number of hydrogen-bond donors (Lipinski definition) is 1. The smallest absolute Gasteiger partial charge is 0.103 e. The van der Waals surface area contributed by atoms with Crippen LogP contribution in [0, 0.1) is 13.8 Å². The summed E-state index contributed by atoms with van der Waals surface area (Å²) in [5, 5.41) is 10.1. The second kappa shape index (κ2) is 9.11.